The van der Waals surface area contributed by atoms with E-state index in [1.165, 1.54) is 25.7 Å². The topological polar surface area (TPSA) is 71.7 Å². The zero-order valence-electron chi connectivity index (χ0n) is 17.0. The molecule has 7 heteroatoms. The van der Waals surface area contributed by atoms with E-state index in [4.69, 9.17) is 9.15 Å². The molecule has 156 valence electrons. The van der Waals surface area contributed by atoms with E-state index in [-0.39, 0.29) is 5.91 Å². The standard InChI is InChI=1S/C21H34N4O3/c26-20(9-8-19-22-23-21(28-19)18-6-2-1-3-7-18)25-10-4-5-17(16-25)15-24-11-13-27-14-12-24/h17-18H,1-16H2. The van der Waals surface area contributed by atoms with Crippen molar-refractivity contribution in [2.45, 2.75) is 63.7 Å². The highest BCUT2D eigenvalue weighted by Crippen LogP contribution is 2.31. The van der Waals surface area contributed by atoms with E-state index in [9.17, 15) is 4.79 Å². The Balaban J connectivity index is 1.22. The molecule has 7 nitrogen and oxygen atoms in total. The second-order valence-corrected chi connectivity index (χ2v) is 8.63. The van der Waals surface area contributed by atoms with Gasteiger partial charge in [-0.1, -0.05) is 19.3 Å². The third kappa shape index (κ3) is 5.32. The minimum atomic E-state index is 0.226. The fraction of sp³-hybridized carbons (Fsp3) is 0.857. The van der Waals surface area contributed by atoms with E-state index in [0.29, 0.717) is 30.6 Å². The molecule has 1 amide bonds. The lowest BCUT2D eigenvalue weighted by Crippen LogP contribution is -2.46. The maximum atomic E-state index is 12.7. The van der Waals surface area contributed by atoms with Gasteiger partial charge in [0.05, 0.1) is 13.2 Å². The van der Waals surface area contributed by atoms with Crippen molar-refractivity contribution in [2.24, 2.45) is 5.92 Å². The Bertz CT molecular complexity index is 623. The molecule has 1 aromatic rings. The number of carbonyl (C=O) groups is 1. The number of aryl methyl sites for hydroxylation is 1. The first kappa shape index (κ1) is 19.8. The van der Waals surface area contributed by atoms with Crippen LogP contribution in [0.2, 0.25) is 0 Å². The van der Waals surface area contributed by atoms with Crippen LogP contribution < -0.4 is 0 Å². The monoisotopic (exact) mass is 390 g/mol. The molecule has 1 aliphatic carbocycles. The van der Waals surface area contributed by atoms with Crippen molar-refractivity contribution >= 4 is 5.91 Å². The second kappa shape index (κ2) is 9.83. The highest BCUT2D eigenvalue weighted by Gasteiger charge is 2.26. The van der Waals surface area contributed by atoms with Gasteiger partial charge in [-0.05, 0) is 31.6 Å². The van der Waals surface area contributed by atoms with Gasteiger partial charge in [0.2, 0.25) is 17.7 Å². The molecule has 0 spiro atoms. The van der Waals surface area contributed by atoms with Gasteiger partial charge in [-0.2, -0.15) is 0 Å². The Morgan fingerprint density at radius 1 is 1.00 bits per heavy atom. The number of hydrogen-bond acceptors (Lipinski definition) is 6. The van der Waals surface area contributed by atoms with Crippen molar-refractivity contribution in [3.05, 3.63) is 11.8 Å². The number of ether oxygens (including phenoxy) is 1. The molecule has 1 saturated carbocycles. The summed E-state index contributed by atoms with van der Waals surface area (Å²) in [6.07, 6.45) is 9.47. The summed E-state index contributed by atoms with van der Waals surface area (Å²) in [5, 5.41) is 8.44. The summed E-state index contributed by atoms with van der Waals surface area (Å²) in [6.45, 7) is 6.56. The number of likely N-dealkylation sites (tertiary alicyclic amines) is 1. The van der Waals surface area contributed by atoms with Crippen molar-refractivity contribution in [1.29, 1.82) is 0 Å². The lowest BCUT2D eigenvalue weighted by Gasteiger charge is -2.36. The Kier molecular flexibility index (Phi) is 6.96. The number of carbonyl (C=O) groups excluding carboxylic acids is 1. The number of hydrogen-bond donors (Lipinski definition) is 0. The van der Waals surface area contributed by atoms with Crippen LogP contribution in [-0.4, -0.2) is 71.8 Å². The number of nitrogens with zero attached hydrogens (tertiary/aromatic N) is 4. The summed E-state index contributed by atoms with van der Waals surface area (Å²) in [7, 11) is 0. The van der Waals surface area contributed by atoms with E-state index in [1.54, 1.807) is 0 Å². The Labute approximate surface area is 167 Å². The third-order valence-electron chi connectivity index (χ3n) is 6.48. The highest BCUT2D eigenvalue weighted by atomic mass is 16.5. The average molecular weight is 391 g/mol. The molecule has 1 unspecified atom stereocenters. The van der Waals surface area contributed by atoms with Crippen molar-refractivity contribution in [3.8, 4) is 0 Å². The molecule has 0 N–H and O–H groups in total. The van der Waals surface area contributed by atoms with Gasteiger partial charge in [-0.25, -0.2) is 0 Å². The van der Waals surface area contributed by atoms with Gasteiger partial charge in [0, 0.05) is 51.5 Å². The van der Waals surface area contributed by atoms with Gasteiger partial charge in [-0.3, -0.25) is 9.69 Å². The number of aromatic nitrogens is 2. The number of piperidine rings is 1. The Hall–Kier alpha value is -1.47. The van der Waals surface area contributed by atoms with Crippen molar-refractivity contribution in [2.75, 3.05) is 45.9 Å². The number of morpholine rings is 1. The van der Waals surface area contributed by atoms with Crippen LogP contribution >= 0.6 is 0 Å². The molecule has 0 aromatic carbocycles. The fourth-order valence-electron chi connectivity index (χ4n) is 4.84. The molecule has 3 aliphatic rings. The van der Waals surface area contributed by atoms with Gasteiger partial charge in [0.25, 0.3) is 0 Å². The van der Waals surface area contributed by atoms with Crippen molar-refractivity contribution < 1.29 is 13.9 Å². The molecular formula is C21H34N4O3. The quantitative estimate of drug-likeness (QED) is 0.744. The van der Waals surface area contributed by atoms with Gasteiger partial charge >= 0.3 is 0 Å². The molecule has 4 rings (SSSR count). The molecule has 2 aliphatic heterocycles. The normalized spacial score (nSPS) is 25.1. The first-order chi connectivity index (χ1) is 13.8. The molecule has 0 bridgehead atoms. The lowest BCUT2D eigenvalue weighted by molar-refractivity contribution is -0.133. The van der Waals surface area contributed by atoms with Gasteiger partial charge in [0.1, 0.15) is 0 Å². The highest BCUT2D eigenvalue weighted by molar-refractivity contribution is 5.76. The van der Waals surface area contributed by atoms with Crippen molar-refractivity contribution in [3.63, 3.8) is 0 Å². The van der Waals surface area contributed by atoms with Gasteiger partial charge < -0.3 is 14.1 Å². The van der Waals surface area contributed by atoms with Crippen LogP contribution in [0.4, 0.5) is 0 Å². The minimum Gasteiger partial charge on any atom is -0.425 e. The molecule has 3 heterocycles. The molecule has 1 aromatic heterocycles. The third-order valence-corrected chi connectivity index (χ3v) is 6.48. The predicted octanol–water partition coefficient (Wildman–Crippen LogP) is 2.62. The molecule has 3 fully saturated rings. The molecule has 0 radical (unpaired) electrons. The van der Waals surface area contributed by atoms with E-state index in [2.05, 4.69) is 15.1 Å². The first-order valence-electron chi connectivity index (χ1n) is 11.2. The van der Waals surface area contributed by atoms with E-state index in [0.717, 1.165) is 71.1 Å². The van der Waals surface area contributed by atoms with Crippen LogP contribution in [0.5, 0.6) is 0 Å². The summed E-state index contributed by atoms with van der Waals surface area (Å²) >= 11 is 0. The lowest BCUT2D eigenvalue weighted by atomic mass is 9.89. The summed E-state index contributed by atoms with van der Waals surface area (Å²) < 4.78 is 11.3. The summed E-state index contributed by atoms with van der Waals surface area (Å²) in [6, 6.07) is 0. The smallest absolute Gasteiger partial charge is 0.223 e. The van der Waals surface area contributed by atoms with E-state index in [1.807, 2.05) is 4.90 Å². The van der Waals surface area contributed by atoms with Crippen LogP contribution in [-0.2, 0) is 16.0 Å². The fourth-order valence-corrected chi connectivity index (χ4v) is 4.84. The molecule has 28 heavy (non-hydrogen) atoms. The SMILES string of the molecule is O=C(CCc1nnc(C2CCCCC2)o1)N1CCCC(CN2CCOCC2)C1. The van der Waals surface area contributed by atoms with E-state index < -0.39 is 0 Å². The van der Waals surface area contributed by atoms with E-state index >= 15 is 0 Å². The Morgan fingerprint density at radius 3 is 2.64 bits per heavy atom. The van der Waals surface area contributed by atoms with Crippen LogP contribution in [0.15, 0.2) is 4.42 Å². The van der Waals surface area contributed by atoms with Crippen LogP contribution in [0.3, 0.4) is 0 Å². The zero-order valence-corrected chi connectivity index (χ0v) is 17.0. The molecule has 2 saturated heterocycles. The largest absolute Gasteiger partial charge is 0.425 e. The second-order valence-electron chi connectivity index (χ2n) is 8.63. The molecular weight excluding hydrogens is 356 g/mol. The predicted molar refractivity (Wildman–Crippen MR) is 105 cm³/mol. The summed E-state index contributed by atoms with van der Waals surface area (Å²) in [5.74, 6) is 2.64. The van der Waals surface area contributed by atoms with Gasteiger partial charge in [-0.15, -0.1) is 10.2 Å². The first-order valence-corrected chi connectivity index (χ1v) is 11.2. The van der Waals surface area contributed by atoms with Crippen LogP contribution in [0.25, 0.3) is 0 Å². The maximum absolute atomic E-state index is 12.7. The van der Waals surface area contributed by atoms with Gasteiger partial charge in [0.15, 0.2) is 0 Å². The molecule has 1 atom stereocenters. The maximum Gasteiger partial charge on any atom is 0.223 e. The number of rotatable bonds is 6. The van der Waals surface area contributed by atoms with Crippen molar-refractivity contribution in [1.82, 2.24) is 20.0 Å². The summed E-state index contributed by atoms with van der Waals surface area (Å²) in [4.78, 5) is 17.2. The van der Waals surface area contributed by atoms with Crippen LogP contribution in [0, 0.1) is 5.92 Å². The summed E-state index contributed by atoms with van der Waals surface area (Å²) in [5.41, 5.74) is 0. The van der Waals surface area contributed by atoms with Crippen LogP contribution in [0.1, 0.15) is 69.1 Å². The number of amides is 1. The minimum absolute atomic E-state index is 0.226. The zero-order chi connectivity index (χ0) is 19.2. The average Bonchev–Trinajstić information content (AvgIpc) is 3.23. The Morgan fingerprint density at radius 2 is 1.82 bits per heavy atom.